The normalized spacial score (nSPS) is 11.9. The van der Waals surface area contributed by atoms with Crippen molar-refractivity contribution < 1.29 is 14.6 Å². The molecular formula is C17H20O3. The summed E-state index contributed by atoms with van der Waals surface area (Å²) in [5.41, 5.74) is 0.824. The monoisotopic (exact) mass is 272 g/mol. The minimum Gasteiger partial charge on any atom is -0.494 e. The minimum atomic E-state index is -0.643. The van der Waals surface area contributed by atoms with Crippen molar-refractivity contribution >= 4 is 0 Å². The molecule has 2 aromatic rings. The van der Waals surface area contributed by atoms with Gasteiger partial charge in [-0.2, -0.15) is 0 Å². The van der Waals surface area contributed by atoms with Crippen LogP contribution < -0.4 is 9.47 Å². The molecule has 0 bridgehead atoms. The van der Waals surface area contributed by atoms with E-state index < -0.39 is 6.10 Å². The van der Waals surface area contributed by atoms with Crippen molar-refractivity contribution in [3.8, 4) is 11.5 Å². The molecule has 2 aromatic carbocycles. The number of hydrogen-bond acceptors (Lipinski definition) is 3. The van der Waals surface area contributed by atoms with Crippen molar-refractivity contribution in [2.75, 3.05) is 13.2 Å². The van der Waals surface area contributed by atoms with Crippen LogP contribution in [0.25, 0.3) is 0 Å². The number of aliphatic hydroxyl groups excluding tert-OH is 1. The van der Waals surface area contributed by atoms with E-state index in [1.807, 2.05) is 54.6 Å². The van der Waals surface area contributed by atoms with Gasteiger partial charge in [-0.15, -0.1) is 0 Å². The van der Waals surface area contributed by atoms with Crippen LogP contribution in [0.3, 0.4) is 0 Å². The van der Waals surface area contributed by atoms with Gasteiger partial charge in [-0.05, 0) is 36.2 Å². The maximum atomic E-state index is 10.1. The molecule has 0 radical (unpaired) electrons. The van der Waals surface area contributed by atoms with Crippen LogP contribution in [0.5, 0.6) is 11.5 Å². The summed E-state index contributed by atoms with van der Waals surface area (Å²) in [5, 5.41) is 10.1. The summed E-state index contributed by atoms with van der Waals surface area (Å²) in [6.45, 7) is 3.01. The predicted molar refractivity (Wildman–Crippen MR) is 79.1 cm³/mol. The second-order valence-corrected chi connectivity index (χ2v) is 4.56. The SMILES string of the molecule is CCCOc1ccc(C(O)COc2ccccc2)cc1. The summed E-state index contributed by atoms with van der Waals surface area (Å²) in [4.78, 5) is 0. The van der Waals surface area contributed by atoms with E-state index in [0.717, 1.165) is 23.5 Å². The van der Waals surface area contributed by atoms with Gasteiger partial charge in [0.15, 0.2) is 0 Å². The van der Waals surface area contributed by atoms with E-state index in [4.69, 9.17) is 9.47 Å². The summed E-state index contributed by atoms with van der Waals surface area (Å²) >= 11 is 0. The first-order chi connectivity index (χ1) is 9.79. The molecule has 0 fully saturated rings. The summed E-state index contributed by atoms with van der Waals surface area (Å²) in [6.07, 6.45) is 0.338. The predicted octanol–water partition coefficient (Wildman–Crippen LogP) is 3.59. The van der Waals surface area contributed by atoms with Crippen LogP contribution in [0.1, 0.15) is 25.0 Å². The van der Waals surface area contributed by atoms with Crippen molar-refractivity contribution in [2.24, 2.45) is 0 Å². The van der Waals surface area contributed by atoms with E-state index >= 15 is 0 Å². The minimum absolute atomic E-state index is 0.235. The maximum absolute atomic E-state index is 10.1. The van der Waals surface area contributed by atoms with Gasteiger partial charge in [-0.25, -0.2) is 0 Å². The first-order valence-electron chi connectivity index (χ1n) is 6.88. The topological polar surface area (TPSA) is 38.7 Å². The third-order valence-electron chi connectivity index (χ3n) is 2.89. The third kappa shape index (κ3) is 4.28. The first kappa shape index (κ1) is 14.4. The molecule has 0 aliphatic rings. The van der Waals surface area contributed by atoms with Gasteiger partial charge in [0.2, 0.25) is 0 Å². The molecule has 0 aliphatic heterocycles. The molecule has 3 heteroatoms. The highest BCUT2D eigenvalue weighted by atomic mass is 16.5. The molecule has 1 atom stereocenters. The molecule has 0 aromatic heterocycles. The zero-order valence-corrected chi connectivity index (χ0v) is 11.7. The van der Waals surface area contributed by atoms with Crippen LogP contribution in [0.2, 0.25) is 0 Å². The number of para-hydroxylation sites is 1. The smallest absolute Gasteiger partial charge is 0.119 e. The lowest BCUT2D eigenvalue weighted by molar-refractivity contribution is 0.108. The van der Waals surface area contributed by atoms with Crippen molar-refractivity contribution in [3.63, 3.8) is 0 Å². The van der Waals surface area contributed by atoms with Gasteiger partial charge in [0, 0.05) is 0 Å². The van der Waals surface area contributed by atoms with Gasteiger partial charge in [0.05, 0.1) is 6.61 Å². The zero-order chi connectivity index (χ0) is 14.2. The Bertz CT molecular complexity index is 493. The lowest BCUT2D eigenvalue weighted by Gasteiger charge is -2.13. The maximum Gasteiger partial charge on any atom is 0.119 e. The Morgan fingerprint density at radius 2 is 1.55 bits per heavy atom. The molecule has 106 valence electrons. The van der Waals surface area contributed by atoms with Gasteiger partial charge in [-0.1, -0.05) is 37.3 Å². The van der Waals surface area contributed by atoms with E-state index in [1.165, 1.54) is 0 Å². The Morgan fingerprint density at radius 3 is 2.20 bits per heavy atom. The number of hydrogen-bond donors (Lipinski definition) is 1. The van der Waals surface area contributed by atoms with E-state index in [1.54, 1.807) is 0 Å². The molecule has 0 aliphatic carbocycles. The Balaban J connectivity index is 1.87. The number of aliphatic hydroxyl groups is 1. The molecule has 3 nitrogen and oxygen atoms in total. The summed E-state index contributed by atoms with van der Waals surface area (Å²) in [5.74, 6) is 1.58. The molecule has 0 saturated heterocycles. The second kappa shape index (κ2) is 7.56. The van der Waals surface area contributed by atoms with Gasteiger partial charge in [0.1, 0.15) is 24.2 Å². The molecule has 0 heterocycles. The Morgan fingerprint density at radius 1 is 0.900 bits per heavy atom. The van der Waals surface area contributed by atoms with Gasteiger partial charge < -0.3 is 14.6 Å². The Kier molecular flexibility index (Phi) is 5.44. The highest BCUT2D eigenvalue weighted by Crippen LogP contribution is 2.19. The number of benzene rings is 2. The van der Waals surface area contributed by atoms with Crippen molar-refractivity contribution in [1.82, 2.24) is 0 Å². The van der Waals surface area contributed by atoms with Crippen molar-refractivity contribution in [2.45, 2.75) is 19.4 Å². The average molecular weight is 272 g/mol. The molecule has 0 spiro atoms. The summed E-state index contributed by atoms with van der Waals surface area (Å²) in [7, 11) is 0. The van der Waals surface area contributed by atoms with Gasteiger partial charge in [0.25, 0.3) is 0 Å². The summed E-state index contributed by atoms with van der Waals surface area (Å²) < 4.78 is 11.0. The summed E-state index contributed by atoms with van der Waals surface area (Å²) in [6, 6.07) is 17.0. The molecule has 1 unspecified atom stereocenters. The van der Waals surface area contributed by atoms with E-state index in [9.17, 15) is 5.11 Å². The van der Waals surface area contributed by atoms with Crippen LogP contribution >= 0.6 is 0 Å². The Hall–Kier alpha value is -2.00. The fraction of sp³-hybridized carbons (Fsp3) is 0.294. The molecule has 2 rings (SSSR count). The average Bonchev–Trinajstić information content (AvgIpc) is 2.52. The van der Waals surface area contributed by atoms with E-state index in [2.05, 4.69) is 6.92 Å². The fourth-order valence-electron chi connectivity index (χ4n) is 1.79. The molecule has 20 heavy (non-hydrogen) atoms. The standard InChI is InChI=1S/C17H20O3/c1-2-12-19-16-10-8-14(9-11-16)17(18)13-20-15-6-4-3-5-7-15/h3-11,17-18H,2,12-13H2,1H3. The quantitative estimate of drug-likeness (QED) is 0.837. The van der Waals surface area contributed by atoms with Crippen LogP contribution in [-0.2, 0) is 0 Å². The van der Waals surface area contributed by atoms with Gasteiger partial charge >= 0.3 is 0 Å². The molecule has 0 amide bonds. The highest BCUT2D eigenvalue weighted by molar-refractivity contribution is 5.29. The fourth-order valence-corrected chi connectivity index (χ4v) is 1.79. The molecular weight excluding hydrogens is 252 g/mol. The number of rotatable bonds is 7. The zero-order valence-electron chi connectivity index (χ0n) is 11.7. The second-order valence-electron chi connectivity index (χ2n) is 4.56. The van der Waals surface area contributed by atoms with Crippen LogP contribution in [0.4, 0.5) is 0 Å². The van der Waals surface area contributed by atoms with E-state index in [-0.39, 0.29) is 6.61 Å². The van der Waals surface area contributed by atoms with Crippen molar-refractivity contribution in [1.29, 1.82) is 0 Å². The van der Waals surface area contributed by atoms with Crippen LogP contribution in [-0.4, -0.2) is 18.3 Å². The molecule has 1 N–H and O–H groups in total. The number of ether oxygens (including phenoxy) is 2. The molecule has 0 saturated carbocycles. The first-order valence-corrected chi connectivity index (χ1v) is 6.88. The third-order valence-corrected chi connectivity index (χ3v) is 2.89. The lowest BCUT2D eigenvalue weighted by Crippen LogP contribution is -2.09. The van der Waals surface area contributed by atoms with Crippen LogP contribution in [0.15, 0.2) is 54.6 Å². The van der Waals surface area contributed by atoms with E-state index in [0.29, 0.717) is 6.61 Å². The highest BCUT2D eigenvalue weighted by Gasteiger charge is 2.08. The van der Waals surface area contributed by atoms with Crippen molar-refractivity contribution in [3.05, 3.63) is 60.2 Å². The van der Waals surface area contributed by atoms with Gasteiger partial charge in [-0.3, -0.25) is 0 Å². The largest absolute Gasteiger partial charge is 0.494 e. The van der Waals surface area contributed by atoms with Crippen LogP contribution in [0, 0.1) is 0 Å². The Labute approximate surface area is 119 Å². The lowest BCUT2D eigenvalue weighted by atomic mass is 10.1.